The van der Waals surface area contributed by atoms with Crippen molar-refractivity contribution in [3.63, 3.8) is 0 Å². The van der Waals surface area contributed by atoms with E-state index in [2.05, 4.69) is 48.5 Å². The van der Waals surface area contributed by atoms with Gasteiger partial charge in [0.25, 0.3) is 0 Å². The molecule has 5 rings (SSSR count). The normalized spacial score (nSPS) is 33.7. The van der Waals surface area contributed by atoms with Crippen molar-refractivity contribution in [1.82, 2.24) is 0 Å². The van der Waals surface area contributed by atoms with Gasteiger partial charge in [0.1, 0.15) is 0 Å². The molecular formula is C19H18. The second-order valence-corrected chi connectivity index (χ2v) is 6.61. The molecule has 0 N–H and O–H groups in total. The highest BCUT2D eigenvalue weighted by atomic mass is 14.7. The van der Waals surface area contributed by atoms with E-state index in [1.165, 1.54) is 43.2 Å². The Labute approximate surface area is 114 Å². The SMILES string of the molecule is c1ccc2c(c1)-c1ccccc1[C@@]13CCCC21CC3. The highest BCUT2D eigenvalue weighted by Crippen LogP contribution is 2.71. The van der Waals surface area contributed by atoms with Crippen LogP contribution < -0.4 is 0 Å². The summed E-state index contributed by atoms with van der Waals surface area (Å²) in [6.45, 7) is 0. The minimum absolute atomic E-state index is 0.484. The summed E-state index contributed by atoms with van der Waals surface area (Å²) >= 11 is 0. The van der Waals surface area contributed by atoms with Gasteiger partial charge in [-0.15, -0.1) is 0 Å². The quantitative estimate of drug-likeness (QED) is 0.625. The van der Waals surface area contributed by atoms with E-state index in [1.807, 2.05) is 0 Å². The first-order chi connectivity index (χ1) is 9.37. The minimum atomic E-state index is 0.484. The topological polar surface area (TPSA) is 0 Å². The summed E-state index contributed by atoms with van der Waals surface area (Å²) in [6, 6.07) is 18.4. The number of hydrogen-bond acceptors (Lipinski definition) is 0. The van der Waals surface area contributed by atoms with Crippen LogP contribution >= 0.6 is 0 Å². The summed E-state index contributed by atoms with van der Waals surface area (Å²) < 4.78 is 0. The highest BCUT2D eigenvalue weighted by molar-refractivity contribution is 5.79. The van der Waals surface area contributed by atoms with Gasteiger partial charge in [-0.25, -0.2) is 0 Å². The number of rotatable bonds is 0. The van der Waals surface area contributed by atoms with Gasteiger partial charge in [0.2, 0.25) is 0 Å². The van der Waals surface area contributed by atoms with Crippen molar-refractivity contribution in [3.05, 3.63) is 59.7 Å². The Hall–Kier alpha value is -1.56. The van der Waals surface area contributed by atoms with Crippen LogP contribution in [0.4, 0.5) is 0 Å². The molecule has 0 aromatic heterocycles. The third kappa shape index (κ3) is 0.938. The first-order valence-electron chi connectivity index (χ1n) is 7.57. The summed E-state index contributed by atoms with van der Waals surface area (Å²) in [4.78, 5) is 0. The van der Waals surface area contributed by atoms with Gasteiger partial charge in [-0.05, 0) is 47.9 Å². The van der Waals surface area contributed by atoms with Gasteiger partial charge in [-0.3, -0.25) is 0 Å². The summed E-state index contributed by atoms with van der Waals surface area (Å²) in [5.74, 6) is 0. The first-order valence-corrected chi connectivity index (χ1v) is 7.57. The van der Waals surface area contributed by atoms with Crippen LogP contribution in [0.15, 0.2) is 48.5 Å². The third-order valence-electron chi connectivity index (χ3n) is 6.28. The Morgan fingerprint density at radius 1 is 0.579 bits per heavy atom. The van der Waals surface area contributed by atoms with Crippen LogP contribution in [-0.2, 0) is 10.8 Å². The van der Waals surface area contributed by atoms with Crippen molar-refractivity contribution >= 4 is 0 Å². The van der Waals surface area contributed by atoms with E-state index < -0.39 is 0 Å². The minimum Gasteiger partial charge on any atom is -0.0619 e. The van der Waals surface area contributed by atoms with Crippen LogP contribution in [0.2, 0.25) is 0 Å². The lowest BCUT2D eigenvalue weighted by atomic mass is 9.43. The summed E-state index contributed by atoms with van der Waals surface area (Å²) in [5.41, 5.74) is 7.29. The zero-order chi connectivity index (χ0) is 12.5. The standard InChI is InChI=1S/C19H18/c1-3-8-16-14(6-1)15-7-2-4-9-17(15)19-11-5-10-18(16,19)12-13-19/h1-4,6-9H,5,10-13H2/t18-,19?/m0/s1. The summed E-state index contributed by atoms with van der Waals surface area (Å²) in [7, 11) is 0. The third-order valence-corrected chi connectivity index (χ3v) is 6.28. The molecule has 0 radical (unpaired) electrons. The van der Waals surface area contributed by atoms with E-state index in [1.54, 1.807) is 11.1 Å². The van der Waals surface area contributed by atoms with Gasteiger partial charge in [0, 0.05) is 10.8 Å². The average Bonchev–Trinajstić information content (AvgIpc) is 2.74. The molecule has 0 heteroatoms. The van der Waals surface area contributed by atoms with Gasteiger partial charge in [0.05, 0.1) is 0 Å². The van der Waals surface area contributed by atoms with Gasteiger partial charge >= 0.3 is 0 Å². The Balaban J connectivity index is 1.94. The molecule has 2 aromatic carbocycles. The smallest absolute Gasteiger partial charge is 0.00565 e. The van der Waals surface area contributed by atoms with Crippen LogP contribution in [0.5, 0.6) is 0 Å². The predicted molar refractivity (Wildman–Crippen MR) is 78.3 cm³/mol. The zero-order valence-corrected chi connectivity index (χ0v) is 11.2. The molecule has 1 unspecified atom stereocenters. The molecule has 94 valence electrons. The van der Waals surface area contributed by atoms with Crippen LogP contribution in [-0.4, -0.2) is 0 Å². The predicted octanol–water partition coefficient (Wildman–Crippen LogP) is 4.82. The van der Waals surface area contributed by atoms with E-state index in [0.29, 0.717) is 10.8 Å². The van der Waals surface area contributed by atoms with Crippen molar-refractivity contribution in [3.8, 4) is 11.1 Å². The van der Waals surface area contributed by atoms with Crippen molar-refractivity contribution in [2.45, 2.75) is 42.9 Å². The second-order valence-electron chi connectivity index (χ2n) is 6.61. The van der Waals surface area contributed by atoms with Crippen molar-refractivity contribution < 1.29 is 0 Å². The number of benzene rings is 2. The molecule has 0 amide bonds. The summed E-state index contributed by atoms with van der Waals surface area (Å²) in [6.07, 6.45) is 7.01. The van der Waals surface area contributed by atoms with E-state index in [0.717, 1.165) is 0 Å². The molecule has 2 atom stereocenters. The van der Waals surface area contributed by atoms with E-state index >= 15 is 0 Å². The Kier molecular flexibility index (Phi) is 1.68. The molecule has 0 heterocycles. The fourth-order valence-electron chi connectivity index (χ4n) is 5.47. The van der Waals surface area contributed by atoms with Gasteiger partial charge in [0.15, 0.2) is 0 Å². The molecule has 2 fully saturated rings. The lowest BCUT2D eigenvalue weighted by molar-refractivity contribution is 0.105. The molecule has 3 aliphatic rings. The first kappa shape index (κ1) is 10.3. The molecule has 0 bridgehead atoms. The Bertz CT molecular complexity index is 624. The molecule has 3 aliphatic carbocycles. The molecular weight excluding hydrogens is 228 g/mol. The lowest BCUT2D eigenvalue weighted by Crippen LogP contribution is -2.56. The Morgan fingerprint density at radius 3 is 1.53 bits per heavy atom. The van der Waals surface area contributed by atoms with Gasteiger partial charge in [-0.2, -0.15) is 0 Å². The maximum Gasteiger partial charge on any atom is 0.00565 e. The highest BCUT2D eigenvalue weighted by Gasteiger charge is 2.65. The van der Waals surface area contributed by atoms with E-state index in [9.17, 15) is 0 Å². The molecule has 2 saturated carbocycles. The van der Waals surface area contributed by atoms with Crippen molar-refractivity contribution in [2.75, 3.05) is 0 Å². The van der Waals surface area contributed by atoms with Gasteiger partial charge < -0.3 is 0 Å². The van der Waals surface area contributed by atoms with E-state index in [-0.39, 0.29) is 0 Å². The Morgan fingerprint density at radius 2 is 1.05 bits per heavy atom. The van der Waals surface area contributed by atoms with Crippen LogP contribution in [0.25, 0.3) is 11.1 Å². The fourth-order valence-corrected chi connectivity index (χ4v) is 5.47. The molecule has 0 nitrogen and oxygen atoms in total. The average molecular weight is 246 g/mol. The van der Waals surface area contributed by atoms with Crippen molar-refractivity contribution in [1.29, 1.82) is 0 Å². The molecule has 0 aliphatic heterocycles. The van der Waals surface area contributed by atoms with Crippen LogP contribution in [0.3, 0.4) is 0 Å². The van der Waals surface area contributed by atoms with Crippen molar-refractivity contribution in [2.24, 2.45) is 0 Å². The molecule has 19 heavy (non-hydrogen) atoms. The zero-order valence-electron chi connectivity index (χ0n) is 11.2. The van der Waals surface area contributed by atoms with Crippen LogP contribution in [0.1, 0.15) is 43.2 Å². The fraction of sp³-hybridized carbons (Fsp3) is 0.368. The maximum atomic E-state index is 2.41. The maximum absolute atomic E-state index is 2.41. The molecule has 2 aromatic rings. The van der Waals surface area contributed by atoms with Gasteiger partial charge in [-0.1, -0.05) is 55.0 Å². The van der Waals surface area contributed by atoms with Crippen LogP contribution in [0, 0.1) is 0 Å². The molecule has 0 saturated heterocycles. The monoisotopic (exact) mass is 246 g/mol. The largest absolute Gasteiger partial charge is 0.0619 e. The number of fused-ring (bicyclic) bond motifs is 3. The van der Waals surface area contributed by atoms with E-state index in [4.69, 9.17) is 0 Å². The summed E-state index contributed by atoms with van der Waals surface area (Å²) in [5, 5.41) is 0. The molecule has 0 spiro atoms. The second kappa shape index (κ2) is 3.12. The number of hydrogen-bond donors (Lipinski definition) is 0. The lowest BCUT2D eigenvalue weighted by Gasteiger charge is -2.60.